The Balaban J connectivity index is 2.02. The van der Waals surface area contributed by atoms with E-state index in [1.54, 1.807) is 23.0 Å². The van der Waals surface area contributed by atoms with Gasteiger partial charge in [-0.2, -0.15) is 5.10 Å². The fourth-order valence-corrected chi connectivity index (χ4v) is 2.44. The van der Waals surface area contributed by atoms with Crippen molar-refractivity contribution in [1.29, 1.82) is 0 Å². The Morgan fingerprint density at radius 3 is 2.93 bits per heavy atom. The Morgan fingerprint density at radius 1 is 1.20 bits per heavy atom. The van der Waals surface area contributed by atoms with Gasteiger partial charge in [-0.3, -0.25) is 10.1 Å². The number of rotatable bonds is 2. The van der Waals surface area contributed by atoms with Crippen LogP contribution in [-0.2, 0) is 0 Å². The highest BCUT2D eigenvalue weighted by molar-refractivity contribution is 7.13. The Kier molecular flexibility index (Phi) is 2.08. The molecule has 0 radical (unpaired) electrons. The molecule has 3 aromatic heterocycles. The molecule has 0 amide bonds. The molecule has 0 saturated carbocycles. The van der Waals surface area contributed by atoms with Crippen LogP contribution in [0.25, 0.3) is 21.4 Å². The molecular weight excluding hydrogens is 228 g/mol. The van der Waals surface area contributed by atoms with Gasteiger partial charge in [-0.25, -0.2) is 4.98 Å². The maximum absolute atomic E-state index is 4.41. The van der Waals surface area contributed by atoms with Crippen LogP contribution in [0.1, 0.15) is 0 Å². The first-order valence-electron chi connectivity index (χ1n) is 4.28. The normalized spacial score (nSPS) is 10.7. The van der Waals surface area contributed by atoms with Crippen LogP contribution in [0.15, 0.2) is 29.2 Å². The molecule has 0 aliphatic carbocycles. The summed E-state index contributed by atoms with van der Waals surface area (Å²) < 4.78 is 0. The molecule has 0 unspecified atom stereocenters. The van der Waals surface area contributed by atoms with Gasteiger partial charge in [0.05, 0.1) is 15.3 Å². The molecule has 3 aromatic rings. The van der Waals surface area contributed by atoms with Gasteiger partial charge in [-0.1, -0.05) is 6.07 Å². The highest BCUT2D eigenvalue weighted by atomic mass is 32.1. The summed E-state index contributed by atoms with van der Waals surface area (Å²) in [7, 11) is 0. The van der Waals surface area contributed by atoms with E-state index in [2.05, 4.69) is 20.2 Å². The largest absolute Gasteiger partial charge is 0.258 e. The average Bonchev–Trinajstić information content (AvgIpc) is 3.02. The summed E-state index contributed by atoms with van der Waals surface area (Å²) in [5.41, 5.74) is 1.77. The van der Waals surface area contributed by atoms with Crippen molar-refractivity contribution in [2.24, 2.45) is 0 Å². The van der Waals surface area contributed by atoms with Gasteiger partial charge in [0.2, 0.25) is 0 Å². The molecule has 0 bridgehead atoms. The zero-order valence-corrected chi connectivity index (χ0v) is 9.18. The van der Waals surface area contributed by atoms with Crippen LogP contribution in [0.4, 0.5) is 0 Å². The third-order valence-electron chi connectivity index (χ3n) is 1.89. The standard InChI is InChI=1S/C9H6N4S2/c1-2-6(14-3-1)8-11-9(13-12-8)7-4-10-5-15-7/h1-5H,(H,11,12,13). The molecule has 74 valence electrons. The highest BCUT2D eigenvalue weighted by Gasteiger charge is 2.08. The van der Waals surface area contributed by atoms with Gasteiger partial charge in [0.25, 0.3) is 0 Å². The molecule has 4 nitrogen and oxygen atoms in total. The maximum Gasteiger partial charge on any atom is 0.193 e. The summed E-state index contributed by atoms with van der Waals surface area (Å²) in [6, 6.07) is 4.01. The molecule has 0 aliphatic rings. The molecule has 3 heterocycles. The predicted molar refractivity (Wildman–Crippen MR) is 60.8 cm³/mol. The van der Waals surface area contributed by atoms with Crippen molar-refractivity contribution in [3.8, 4) is 21.4 Å². The number of aromatic amines is 1. The fourth-order valence-electron chi connectivity index (χ4n) is 1.22. The van der Waals surface area contributed by atoms with Crippen LogP contribution in [-0.4, -0.2) is 20.2 Å². The lowest BCUT2D eigenvalue weighted by Gasteiger charge is -1.85. The Morgan fingerprint density at radius 2 is 2.20 bits per heavy atom. The van der Waals surface area contributed by atoms with Crippen LogP contribution in [0.5, 0.6) is 0 Å². The van der Waals surface area contributed by atoms with Crippen LogP contribution in [0, 0.1) is 0 Å². The quantitative estimate of drug-likeness (QED) is 0.741. The van der Waals surface area contributed by atoms with Gasteiger partial charge >= 0.3 is 0 Å². The molecule has 0 spiro atoms. The summed E-state index contributed by atoms with van der Waals surface area (Å²) in [6.45, 7) is 0. The topological polar surface area (TPSA) is 54.5 Å². The average molecular weight is 234 g/mol. The number of hydrogen-bond donors (Lipinski definition) is 1. The first-order valence-corrected chi connectivity index (χ1v) is 6.04. The first kappa shape index (κ1) is 8.75. The smallest absolute Gasteiger partial charge is 0.193 e. The summed E-state index contributed by atoms with van der Waals surface area (Å²) in [4.78, 5) is 10.5. The zero-order valence-electron chi connectivity index (χ0n) is 7.54. The van der Waals surface area contributed by atoms with E-state index in [1.165, 1.54) is 11.3 Å². The van der Waals surface area contributed by atoms with Crippen molar-refractivity contribution in [1.82, 2.24) is 20.2 Å². The van der Waals surface area contributed by atoms with Gasteiger partial charge in [0, 0.05) is 6.20 Å². The highest BCUT2D eigenvalue weighted by Crippen LogP contribution is 2.24. The van der Waals surface area contributed by atoms with E-state index < -0.39 is 0 Å². The summed E-state index contributed by atoms with van der Waals surface area (Å²) in [5, 5.41) is 9.10. The van der Waals surface area contributed by atoms with Crippen LogP contribution >= 0.6 is 22.7 Å². The molecule has 0 fully saturated rings. The third kappa shape index (κ3) is 1.57. The van der Waals surface area contributed by atoms with Gasteiger partial charge in [-0.05, 0) is 11.4 Å². The molecule has 0 aromatic carbocycles. The minimum Gasteiger partial charge on any atom is -0.258 e. The minimum absolute atomic E-state index is 0.709. The second-order valence-electron chi connectivity index (χ2n) is 2.85. The lowest BCUT2D eigenvalue weighted by Crippen LogP contribution is -1.74. The number of aromatic nitrogens is 4. The molecule has 15 heavy (non-hydrogen) atoms. The van der Waals surface area contributed by atoms with Crippen LogP contribution < -0.4 is 0 Å². The Bertz CT molecular complexity index is 490. The lowest BCUT2D eigenvalue weighted by molar-refractivity contribution is 1.10. The molecule has 0 saturated heterocycles. The van der Waals surface area contributed by atoms with E-state index in [0.29, 0.717) is 5.82 Å². The van der Waals surface area contributed by atoms with Crippen molar-refractivity contribution < 1.29 is 0 Å². The van der Waals surface area contributed by atoms with Crippen LogP contribution in [0.3, 0.4) is 0 Å². The van der Waals surface area contributed by atoms with Crippen molar-refractivity contribution >= 4 is 22.7 Å². The van der Waals surface area contributed by atoms with Crippen molar-refractivity contribution in [2.75, 3.05) is 0 Å². The first-order chi connectivity index (χ1) is 7.43. The molecule has 6 heteroatoms. The van der Waals surface area contributed by atoms with E-state index >= 15 is 0 Å². The monoisotopic (exact) mass is 234 g/mol. The van der Waals surface area contributed by atoms with Gasteiger partial charge in [0.15, 0.2) is 11.6 Å². The summed E-state index contributed by atoms with van der Waals surface area (Å²) in [6.07, 6.45) is 1.77. The fraction of sp³-hybridized carbons (Fsp3) is 0. The van der Waals surface area contributed by atoms with E-state index in [9.17, 15) is 0 Å². The number of thiophene rings is 1. The second-order valence-corrected chi connectivity index (χ2v) is 4.68. The van der Waals surface area contributed by atoms with Gasteiger partial charge in [0.1, 0.15) is 0 Å². The number of nitrogens with zero attached hydrogens (tertiary/aromatic N) is 3. The van der Waals surface area contributed by atoms with E-state index in [0.717, 1.165) is 15.6 Å². The molecular formula is C9H6N4S2. The number of hydrogen-bond acceptors (Lipinski definition) is 5. The summed E-state index contributed by atoms with van der Waals surface area (Å²) in [5.74, 6) is 1.52. The molecule has 3 rings (SSSR count). The SMILES string of the molecule is c1csc(-c2nc(-c3cncs3)n[nH]2)c1. The Hall–Kier alpha value is -1.53. The van der Waals surface area contributed by atoms with Crippen LogP contribution in [0.2, 0.25) is 0 Å². The molecule has 1 N–H and O–H groups in total. The van der Waals surface area contributed by atoms with E-state index in [-0.39, 0.29) is 0 Å². The van der Waals surface area contributed by atoms with Gasteiger partial charge in [-0.15, -0.1) is 22.7 Å². The Labute approximate surface area is 93.7 Å². The van der Waals surface area contributed by atoms with E-state index in [1.807, 2.05) is 17.5 Å². The van der Waals surface area contributed by atoms with Crippen molar-refractivity contribution in [3.05, 3.63) is 29.2 Å². The molecule has 0 atom stereocenters. The summed E-state index contributed by atoms with van der Waals surface area (Å²) >= 11 is 3.17. The van der Waals surface area contributed by atoms with Gasteiger partial charge < -0.3 is 0 Å². The number of H-pyrrole nitrogens is 1. The van der Waals surface area contributed by atoms with Crippen molar-refractivity contribution in [2.45, 2.75) is 0 Å². The third-order valence-corrected chi connectivity index (χ3v) is 3.54. The minimum atomic E-state index is 0.709. The van der Waals surface area contributed by atoms with Crippen molar-refractivity contribution in [3.63, 3.8) is 0 Å². The lowest BCUT2D eigenvalue weighted by atomic mass is 10.4. The number of nitrogens with one attached hydrogen (secondary N) is 1. The van der Waals surface area contributed by atoms with E-state index in [4.69, 9.17) is 0 Å². The molecule has 0 aliphatic heterocycles. The maximum atomic E-state index is 4.41. The predicted octanol–water partition coefficient (Wildman–Crippen LogP) is 2.66. The zero-order chi connectivity index (χ0) is 10.1. The second kappa shape index (κ2) is 3.56. The number of thiazole rings is 1.